The number of allylic oxidation sites excluding steroid dienone is 2. The van der Waals surface area contributed by atoms with Gasteiger partial charge in [-0.15, -0.1) is 0 Å². The predicted octanol–water partition coefficient (Wildman–Crippen LogP) is 10.2. The van der Waals surface area contributed by atoms with Crippen LogP contribution in [0, 0.1) is 25.7 Å². The molecule has 8 rings (SSSR count). The zero-order valence-corrected chi connectivity index (χ0v) is 55.8. The molecule has 8 N–H and O–H groups in total. The van der Waals surface area contributed by atoms with Gasteiger partial charge in [-0.05, 0) is 154 Å². The molecule has 0 aliphatic heterocycles. The first-order chi connectivity index (χ1) is 37.0. The molecule has 0 bridgehead atoms. The van der Waals surface area contributed by atoms with Crippen LogP contribution in [0.1, 0.15) is 240 Å². The molecule has 78 heavy (non-hydrogen) atoms. The molecule has 4 aromatic rings. The molecule has 4 aliphatic carbocycles. The maximum absolute atomic E-state index is 5.11. The standard InChI is InChI=1S/C27H40N4.C24H33N3.2C6H13IN.C3H9N/c1-17(2)24-13-20(6)25(16-28-18(3)4)22(14-24)11-9-21(7)29-27-15-26(30-31-27)23-10-8-19(5)12-23;1-6-19-13-17(4)22(7-2)20(14-19)11-9-18(5)25-24-15-23(26-27-24)21-10-8-16(3)12-21;2*1-6(8-7-2)4-3-5-6;1-3(2)4/h13-19,23H,7-12H2,1-6H3,(H2,29,30,31);7,13-16,21H,2,5-6,8-12H2,1,3-4H3,(H2,25,26,27);2*8H,3-5H2,1-2H3;3H,4H2,1-2H3/q;;2*-1;. The number of anilines is 2. The van der Waals surface area contributed by atoms with Crippen LogP contribution in [0.15, 0.2) is 72.5 Å². The number of halogens is 2. The van der Waals surface area contributed by atoms with Crippen molar-refractivity contribution in [2.75, 3.05) is 20.5 Å². The van der Waals surface area contributed by atoms with E-state index in [1.165, 1.54) is 133 Å². The molecule has 0 spiro atoms. The van der Waals surface area contributed by atoms with E-state index in [1.807, 2.05) is 19.9 Å². The monoisotopic (exact) mass is 1290 g/mol. The summed E-state index contributed by atoms with van der Waals surface area (Å²) in [5, 5.41) is 22.2. The first-order valence-electron chi connectivity index (χ1n) is 29.7. The Bertz CT molecular complexity index is 2450. The van der Waals surface area contributed by atoms with Crippen LogP contribution >= 0.6 is 0 Å². The van der Waals surface area contributed by atoms with Crippen LogP contribution in [0.5, 0.6) is 0 Å². The normalized spacial score (nSPS) is 19.9. The fourth-order valence-electron chi connectivity index (χ4n) is 10.8. The van der Waals surface area contributed by atoms with Gasteiger partial charge in [-0.3, -0.25) is 15.2 Å². The SMILES string of the molecule is C=C(CCc1cc(C(C)C)cc(C)c1C=NC(C)C)Nc1cc(C2CCC(C)C2)[nH]n1.C=Cc1c(C)cc(CC)cc1CCC(=C)Nc1cc(C2CCC(C)C2)[nH]n1.CC(C)N.C[I-]NC1(C)CCC1.C[I-]NC1(C)CCC1. The number of nitrogens with one attached hydrogen (secondary N) is 6. The van der Waals surface area contributed by atoms with Gasteiger partial charge in [0.15, 0.2) is 11.6 Å². The Kier molecular flexibility index (Phi) is 28.9. The fourth-order valence-corrected chi connectivity index (χ4v) is 14.5. The Labute approximate surface area is 497 Å². The average Bonchev–Trinajstić information content (AvgIpc) is 4.21. The number of benzene rings is 2. The first kappa shape index (κ1) is 67.2. The van der Waals surface area contributed by atoms with Crippen molar-refractivity contribution in [3.05, 3.63) is 123 Å². The third-order valence-electron chi connectivity index (χ3n) is 15.8. The van der Waals surface area contributed by atoms with Gasteiger partial charge in [0.1, 0.15) is 0 Å². The van der Waals surface area contributed by atoms with E-state index in [2.05, 4.69) is 191 Å². The van der Waals surface area contributed by atoms with Gasteiger partial charge in [-0.2, -0.15) is 10.2 Å². The van der Waals surface area contributed by atoms with Gasteiger partial charge in [0.05, 0.1) is 0 Å². The third kappa shape index (κ3) is 22.9. The summed E-state index contributed by atoms with van der Waals surface area (Å²) in [5.74, 6) is 5.17. The van der Waals surface area contributed by atoms with Crippen molar-refractivity contribution in [1.82, 2.24) is 27.5 Å². The summed E-state index contributed by atoms with van der Waals surface area (Å²) in [7, 11) is 0. The molecule has 2 aromatic carbocycles. The summed E-state index contributed by atoms with van der Waals surface area (Å²) in [6.45, 7) is 41.0. The minimum absolute atomic E-state index is 0.297. The van der Waals surface area contributed by atoms with Crippen LogP contribution in [0.2, 0.25) is 0 Å². The molecule has 2 heterocycles. The van der Waals surface area contributed by atoms with Crippen molar-refractivity contribution in [3.63, 3.8) is 0 Å². The number of nitrogens with two attached hydrogens (primary N) is 1. The summed E-state index contributed by atoms with van der Waals surface area (Å²) in [6.07, 6.45) is 24.9. The van der Waals surface area contributed by atoms with Crippen LogP contribution in [0.4, 0.5) is 11.6 Å². The quantitative estimate of drug-likeness (QED) is 0.0191. The number of alkyl halides is 2. The Hall–Kier alpha value is -3.31. The number of hydrogen-bond acceptors (Lipinski definition) is 8. The molecule has 438 valence electrons. The number of aromatic amines is 2. The van der Waals surface area contributed by atoms with Crippen molar-refractivity contribution in [2.24, 2.45) is 22.6 Å². The number of aromatic nitrogens is 4. The second-order valence-corrected chi connectivity index (χ2v) is 28.0. The molecule has 0 amide bonds. The van der Waals surface area contributed by atoms with Crippen molar-refractivity contribution in [2.45, 2.75) is 240 Å². The minimum atomic E-state index is 0.297. The number of H-pyrrole nitrogens is 2. The molecular formula is C66H108I2N10-2. The Morgan fingerprint density at radius 3 is 1.51 bits per heavy atom. The van der Waals surface area contributed by atoms with Crippen molar-refractivity contribution >= 4 is 23.9 Å². The summed E-state index contributed by atoms with van der Waals surface area (Å²) in [4.78, 5) is 9.21. The molecule has 2 aromatic heterocycles. The Morgan fingerprint density at radius 1 is 0.718 bits per heavy atom. The van der Waals surface area contributed by atoms with Gasteiger partial charge in [-0.25, -0.2) is 0 Å². The van der Waals surface area contributed by atoms with E-state index >= 15 is 0 Å². The zero-order valence-electron chi connectivity index (χ0n) is 51.5. The van der Waals surface area contributed by atoms with Gasteiger partial charge in [0.25, 0.3) is 0 Å². The number of aryl methyl sites for hydroxylation is 5. The van der Waals surface area contributed by atoms with Crippen molar-refractivity contribution in [1.29, 1.82) is 0 Å². The molecule has 4 fully saturated rings. The molecule has 0 saturated heterocycles. The van der Waals surface area contributed by atoms with E-state index in [4.69, 9.17) is 5.73 Å². The molecular weight excluding hydrogens is 1190 g/mol. The summed E-state index contributed by atoms with van der Waals surface area (Å²) >= 11 is 0.625. The van der Waals surface area contributed by atoms with Crippen LogP contribution in [0.25, 0.3) is 6.08 Å². The third-order valence-corrected chi connectivity index (χ3v) is 19.5. The molecule has 4 saturated carbocycles. The predicted molar refractivity (Wildman–Crippen MR) is 331 cm³/mol. The summed E-state index contributed by atoms with van der Waals surface area (Å²) < 4.78 is 7.14. The number of nitrogens with zero attached hydrogens (tertiary/aromatic N) is 3. The summed E-state index contributed by atoms with van der Waals surface area (Å²) in [6, 6.07) is 14.2. The van der Waals surface area contributed by atoms with E-state index in [-0.39, 0.29) is 0 Å². The number of hydrogen-bond donors (Lipinski definition) is 7. The van der Waals surface area contributed by atoms with E-state index in [0.29, 0.717) is 83.9 Å². The number of rotatable bonds is 21. The molecule has 10 nitrogen and oxygen atoms in total. The summed E-state index contributed by atoms with van der Waals surface area (Å²) in [5.41, 5.74) is 21.4. The van der Waals surface area contributed by atoms with Crippen molar-refractivity contribution < 1.29 is 43.0 Å². The zero-order chi connectivity index (χ0) is 57.6. The molecule has 4 aliphatic rings. The van der Waals surface area contributed by atoms with Crippen LogP contribution < -0.4 is 66.4 Å². The Balaban J connectivity index is 0.000000249. The topological polar surface area (TPSA) is 144 Å². The van der Waals surface area contributed by atoms with Gasteiger partial charge in [0, 0.05) is 59.0 Å². The van der Waals surface area contributed by atoms with Crippen LogP contribution in [-0.4, -0.2) is 59.6 Å². The second kappa shape index (κ2) is 33.6. The van der Waals surface area contributed by atoms with Crippen LogP contribution in [0.3, 0.4) is 0 Å². The Morgan fingerprint density at radius 2 is 1.17 bits per heavy atom. The molecule has 12 heteroatoms. The van der Waals surface area contributed by atoms with Crippen LogP contribution in [-0.2, 0) is 19.3 Å². The number of aliphatic imine (C=N–C) groups is 1. The van der Waals surface area contributed by atoms with Gasteiger partial charge in [-0.1, -0.05) is 111 Å². The van der Waals surface area contributed by atoms with E-state index < -0.39 is 0 Å². The average molecular weight is 1300 g/mol. The first-order valence-corrected chi connectivity index (χ1v) is 36.1. The molecule has 4 unspecified atom stereocenters. The van der Waals surface area contributed by atoms with Gasteiger partial charge in [0.2, 0.25) is 0 Å². The van der Waals surface area contributed by atoms with Crippen molar-refractivity contribution in [3.8, 4) is 0 Å². The van der Waals surface area contributed by atoms with Gasteiger partial charge >= 0.3 is 123 Å². The van der Waals surface area contributed by atoms with E-state index in [1.54, 1.807) is 0 Å². The van der Waals surface area contributed by atoms with E-state index in [9.17, 15) is 0 Å². The van der Waals surface area contributed by atoms with E-state index in [0.717, 1.165) is 67.0 Å². The fraction of sp³-hybridized carbons (Fsp3) is 0.621. The maximum atomic E-state index is 5.11. The second-order valence-electron chi connectivity index (χ2n) is 24.7. The molecule has 4 atom stereocenters. The van der Waals surface area contributed by atoms with Gasteiger partial charge < -0.3 is 16.4 Å². The molecule has 0 radical (unpaired) electrons.